The van der Waals surface area contributed by atoms with Gasteiger partial charge in [-0.05, 0) is 37.1 Å². The Labute approximate surface area is 112 Å². The number of benzene rings is 1. The van der Waals surface area contributed by atoms with Crippen molar-refractivity contribution in [2.45, 2.75) is 20.4 Å². The Hall–Kier alpha value is -2.37. The summed E-state index contributed by atoms with van der Waals surface area (Å²) in [5.74, 6) is 1.00. The minimum absolute atomic E-state index is 0.359. The molecule has 2 rings (SSSR count). The fraction of sp³-hybridized carbons (Fsp3) is 0.308. The van der Waals surface area contributed by atoms with Gasteiger partial charge in [0.05, 0.1) is 0 Å². The van der Waals surface area contributed by atoms with Crippen molar-refractivity contribution in [3.8, 4) is 0 Å². The molecule has 0 spiro atoms. The quantitative estimate of drug-likeness (QED) is 0.643. The molecule has 100 valence electrons. The van der Waals surface area contributed by atoms with Crippen LogP contribution in [0.1, 0.15) is 17.0 Å². The molecule has 0 saturated carbocycles. The highest BCUT2D eigenvalue weighted by atomic mass is 15.3. The largest absolute Gasteiger partial charge is 0.370 e. The summed E-state index contributed by atoms with van der Waals surface area (Å²) in [6, 6.07) is 6.15. The second-order valence-corrected chi connectivity index (χ2v) is 4.54. The van der Waals surface area contributed by atoms with Gasteiger partial charge in [0.1, 0.15) is 12.9 Å². The van der Waals surface area contributed by atoms with Crippen LogP contribution in [0, 0.1) is 13.8 Å². The van der Waals surface area contributed by atoms with Crippen molar-refractivity contribution in [1.82, 2.24) is 14.8 Å². The molecule has 1 aromatic carbocycles. The van der Waals surface area contributed by atoms with Crippen LogP contribution in [0.2, 0.25) is 0 Å². The lowest BCUT2D eigenvalue weighted by atomic mass is 10.1. The summed E-state index contributed by atoms with van der Waals surface area (Å²) in [6.07, 6.45) is 1.64. The lowest BCUT2D eigenvalue weighted by Crippen LogP contribution is -2.22. The van der Waals surface area contributed by atoms with Gasteiger partial charge in [0, 0.05) is 12.7 Å². The Bertz CT molecular complexity index is 579. The third kappa shape index (κ3) is 3.80. The molecule has 6 heteroatoms. The molecule has 0 aliphatic carbocycles. The Kier molecular flexibility index (Phi) is 3.79. The number of nitrogens with two attached hydrogens (primary N) is 1. The van der Waals surface area contributed by atoms with E-state index in [1.807, 2.05) is 33.0 Å². The Morgan fingerprint density at radius 3 is 2.58 bits per heavy atom. The maximum absolute atomic E-state index is 5.84. The van der Waals surface area contributed by atoms with Crippen molar-refractivity contribution < 1.29 is 0 Å². The summed E-state index contributed by atoms with van der Waals surface area (Å²) in [5, 5.41) is 7.20. The van der Waals surface area contributed by atoms with Gasteiger partial charge in [-0.1, -0.05) is 6.07 Å². The van der Waals surface area contributed by atoms with Crippen LogP contribution in [0.15, 0.2) is 29.5 Å². The zero-order valence-corrected chi connectivity index (χ0v) is 11.4. The van der Waals surface area contributed by atoms with Crippen LogP contribution in [-0.2, 0) is 13.6 Å². The average molecular weight is 258 g/mol. The third-order valence-electron chi connectivity index (χ3n) is 2.53. The predicted molar refractivity (Wildman–Crippen MR) is 75.9 cm³/mol. The Morgan fingerprint density at radius 1 is 1.32 bits per heavy atom. The minimum atomic E-state index is 0.359. The van der Waals surface area contributed by atoms with Crippen molar-refractivity contribution in [1.29, 1.82) is 0 Å². The van der Waals surface area contributed by atoms with E-state index in [9.17, 15) is 0 Å². The zero-order valence-electron chi connectivity index (χ0n) is 11.4. The van der Waals surface area contributed by atoms with Crippen molar-refractivity contribution in [2.75, 3.05) is 5.32 Å². The van der Waals surface area contributed by atoms with Crippen LogP contribution in [0.4, 0.5) is 5.69 Å². The molecule has 0 atom stereocenters. The van der Waals surface area contributed by atoms with E-state index in [0.717, 1.165) is 5.69 Å². The highest BCUT2D eigenvalue weighted by molar-refractivity contribution is 5.92. The number of aliphatic imine (C=N–C) groups is 1. The molecule has 0 fully saturated rings. The van der Waals surface area contributed by atoms with Gasteiger partial charge in [0.2, 0.25) is 0 Å². The van der Waals surface area contributed by atoms with E-state index in [2.05, 4.69) is 26.5 Å². The Balaban J connectivity index is 2.01. The van der Waals surface area contributed by atoms with E-state index in [0.29, 0.717) is 18.3 Å². The first-order valence-corrected chi connectivity index (χ1v) is 6.02. The SMILES string of the molecule is Cc1cc(C)cc(NC(N)=NCc2ncn(C)n2)c1. The molecule has 19 heavy (non-hydrogen) atoms. The average Bonchev–Trinajstić information content (AvgIpc) is 2.71. The standard InChI is InChI=1S/C13H18N6/c1-9-4-10(2)6-11(5-9)17-13(14)15-7-12-16-8-19(3)18-12/h4-6,8H,7H2,1-3H3,(H3,14,15,17). The number of aromatic nitrogens is 3. The van der Waals surface area contributed by atoms with Gasteiger partial charge >= 0.3 is 0 Å². The summed E-state index contributed by atoms with van der Waals surface area (Å²) >= 11 is 0. The normalized spacial score (nSPS) is 11.6. The predicted octanol–water partition coefficient (Wildman–Crippen LogP) is 1.36. The molecule has 3 N–H and O–H groups in total. The molecule has 0 saturated heterocycles. The van der Waals surface area contributed by atoms with Crippen LogP contribution in [0.25, 0.3) is 0 Å². The number of nitrogens with one attached hydrogen (secondary N) is 1. The van der Waals surface area contributed by atoms with Gasteiger partial charge in [-0.15, -0.1) is 0 Å². The molecular formula is C13H18N6. The van der Waals surface area contributed by atoms with E-state index in [1.54, 1.807) is 11.0 Å². The van der Waals surface area contributed by atoms with Gasteiger partial charge in [-0.2, -0.15) is 5.10 Å². The smallest absolute Gasteiger partial charge is 0.193 e. The molecule has 1 heterocycles. The molecule has 0 aliphatic heterocycles. The maximum atomic E-state index is 5.84. The van der Waals surface area contributed by atoms with Crippen LogP contribution in [0.5, 0.6) is 0 Å². The summed E-state index contributed by atoms with van der Waals surface area (Å²) in [4.78, 5) is 8.29. The second-order valence-electron chi connectivity index (χ2n) is 4.54. The van der Waals surface area contributed by atoms with Gasteiger partial charge in [-0.25, -0.2) is 9.98 Å². The summed E-state index contributed by atoms with van der Waals surface area (Å²) < 4.78 is 1.64. The highest BCUT2D eigenvalue weighted by Crippen LogP contribution is 2.13. The first-order valence-electron chi connectivity index (χ1n) is 6.02. The van der Waals surface area contributed by atoms with Crippen LogP contribution < -0.4 is 11.1 Å². The molecule has 1 aromatic heterocycles. The minimum Gasteiger partial charge on any atom is -0.370 e. The van der Waals surface area contributed by atoms with E-state index < -0.39 is 0 Å². The number of hydrogen-bond donors (Lipinski definition) is 2. The fourth-order valence-corrected chi connectivity index (χ4v) is 1.85. The fourth-order valence-electron chi connectivity index (χ4n) is 1.85. The molecule has 0 unspecified atom stereocenters. The number of aryl methyl sites for hydroxylation is 3. The number of hydrogen-bond acceptors (Lipinski definition) is 3. The molecule has 6 nitrogen and oxygen atoms in total. The molecule has 0 aliphatic rings. The van der Waals surface area contributed by atoms with Crippen molar-refractivity contribution in [2.24, 2.45) is 17.8 Å². The monoisotopic (exact) mass is 258 g/mol. The molecule has 0 radical (unpaired) electrons. The van der Waals surface area contributed by atoms with E-state index in [-0.39, 0.29) is 0 Å². The molecule has 0 amide bonds. The van der Waals surface area contributed by atoms with Crippen molar-refractivity contribution in [3.63, 3.8) is 0 Å². The third-order valence-corrected chi connectivity index (χ3v) is 2.53. The number of rotatable bonds is 3. The van der Waals surface area contributed by atoms with Crippen LogP contribution in [-0.4, -0.2) is 20.7 Å². The van der Waals surface area contributed by atoms with Crippen molar-refractivity contribution in [3.05, 3.63) is 41.5 Å². The van der Waals surface area contributed by atoms with Gasteiger partial charge in [0.15, 0.2) is 11.8 Å². The highest BCUT2D eigenvalue weighted by Gasteiger charge is 2.00. The van der Waals surface area contributed by atoms with E-state index in [1.165, 1.54) is 11.1 Å². The second kappa shape index (κ2) is 5.51. The van der Waals surface area contributed by atoms with Gasteiger partial charge < -0.3 is 11.1 Å². The lowest BCUT2D eigenvalue weighted by Gasteiger charge is -2.07. The molecule has 2 aromatic rings. The topological polar surface area (TPSA) is 81.1 Å². The van der Waals surface area contributed by atoms with E-state index in [4.69, 9.17) is 5.73 Å². The van der Waals surface area contributed by atoms with E-state index >= 15 is 0 Å². The Morgan fingerprint density at radius 2 is 2.00 bits per heavy atom. The number of guanidine groups is 1. The van der Waals surface area contributed by atoms with Crippen LogP contribution in [0.3, 0.4) is 0 Å². The van der Waals surface area contributed by atoms with Crippen molar-refractivity contribution >= 4 is 11.6 Å². The number of anilines is 1. The van der Waals surface area contributed by atoms with Gasteiger partial charge in [-0.3, -0.25) is 4.68 Å². The maximum Gasteiger partial charge on any atom is 0.193 e. The lowest BCUT2D eigenvalue weighted by molar-refractivity contribution is 0.742. The zero-order chi connectivity index (χ0) is 13.8. The van der Waals surface area contributed by atoms with Gasteiger partial charge in [0.25, 0.3) is 0 Å². The van der Waals surface area contributed by atoms with Crippen LogP contribution >= 0.6 is 0 Å². The number of nitrogens with zero attached hydrogens (tertiary/aromatic N) is 4. The molecular weight excluding hydrogens is 240 g/mol. The molecule has 0 bridgehead atoms. The summed E-state index contributed by atoms with van der Waals surface area (Å²) in [5.41, 5.74) is 9.14. The first kappa shape index (κ1) is 13.1. The summed E-state index contributed by atoms with van der Waals surface area (Å²) in [7, 11) is 1.82. The summed E-state index contributed by atoms with van der Waals surface area (Å²) in [6.45, 7) is 4.46. The first-order chi connectivity index (χ1) is 9.02.